The van der Waals surface area contributed by atoms with Gasteiger partial charge in [0.1, 0.15) is 0 Å². The summed E-state index contributed by atoms with van der Waals surface area (Å²) in [4.78, 5) is 14.9. The van der Waals surface area contributed by atoms with Gasteiger partial charge in [0.25, 0.3) is 0 Å². The maximum absolute atomic E-state index is 13.8. The van der Waals surface area contributed by atoms with Crippen LogP contribution in [0.25, 0.3) is 0 Å². The monoisotopic (exact) mass is 320 g/mol. The average molecular weight is 320 g/mol. The van der Waals surface area contributed by atoms with Crippen molar-refractivity contribution in [2.24, 2.45) is 5.92 Å². The molecule has 2 atom stereocenters. The molecule has 1 saturated heterocycles. The van der Waals surface area contributed by atoms with Gasteiger partial charge in [0.2, 0.25) is 5.91 Å². The molecule has 23 heavy (non-hydrogen) atoms. The number of nitrogens with zero attached hydrogens (tertiary/aromatic N) is 1. The van der Waals surface area contributed by atoms with E-state index in [0.29, 0.717) is 12.0 Å². The van der Waals surface area contributed by atoms with Crippen LogP contribution in [0.15, 0.2) is 18.2 Å². The van der Waals surface area contributed by atoms with Crippen LogP contribution < -0.4 is 5.32 Å². The molecule has 4 rings (SSSR count). The molecule has 1 aromatic carbocycles. The van der Waals surface area contributed by atoms with Gasteiger partial charge in [0.15, 0.2) is 11.6 Å². The lowest BCUT2D eigenvalue weighted by Gasteiger charge is -2.32. The van der Waals surface area contributed by atoms with E-state index in [1.165, 1.54) is 18.9 Å². The fourth-order valence-electron chi connectivity index (χ4n) is 3.79. The first-order chi connectivity index (χ1) is 11.1. The van der Waals surface area contributed by atoms with Crippen LogP contribution in [-0.2, 0) is 4.79 Å². The predicted octanol–water partition coefficient (Wildman–Crippen LogP) is 2.81. The fourth-order valence-corrected chi connectivity index (χ4v) is 3.79. The van der Waals surface area contributed by atoms with Crippen molar-refractivity contribution in [3.8, 4) is 0 Å². The highest BCUT2D eigenvalue weighted by Gasteiger charge is 2.46. The molecule has 3 nitrogen and oxygen atoms in total. The van der Waals surface area contributed by atoms with Gasteiger partial charge in [-0.05, 0) is 49.7 Å². The highest BCUT2D eigenvalue weighted by Crippen LogP contribution is 2.48. The van der Waals surface area contributed by atoms with E-state index in [1.54, 1.807) is 6.07 Å². The number of piperidine rings is 1. The second-order valence-corrected chi connectivity index (χ2v) is 7.14. The van der Waals surface area contributed by atoms with Gasteiger partial charge < -0.3 is 10.2 Å². The summed E-state index contributed by atoms with van der Waals surface area (Å²) in [6, 6.07) is 5.23. The number of carbonyl (C=O) groups excluding carboxylic acids is 1. The van der Waals surface area contributed by atoms with E-state index in [9.17, 15) is 13.6 Å². The number of carbonyl (C=O) groups is 1. The van der Waals surface area contributed by atoms with Gasteiger partial charge in [0, 0.05) is 31.1 Å². The van der Waals surface area contributed by atoms with Gasteiger partial charge in [-0.2, -0.15) is 0 Å². The topological polar surface area (TPSA) is 32.3 Å². The summed E-state index contributed by atoms with van der Waals surface area (Å²) in [6.45, 7) is 2.12. The van der Waals surface area contributed by atoms with E-state index >= 15 is 0 Å². The van der Waals surface area contributed by atoms with Crippen molar-refractivity contribution in [3.05, 3.63) is 35.4 Å². The normalized spacial score (nSPS) is 28.6. The molecule has 5 heteroatoms. The van der Waals surface area contributed by atoms with E-state index in [0.717, 1.165) is 38.0 Å². The maximum atomic E-state index is 13.8. The van der Waals surface area contributed by atoms with Crippen LogP contribution in [0, 0.1) is 17.6 Å². The summed E-state index contributed by atoms with van der Waals surface area (Å²) in [5, 5.41) is 3.11. The number of amides is 1. The third kappa shape index (κ3) is 3.11. The van der Waals surface area contributed by atoms with Crippen LogP contribution in [0.4, 0.5) is 8.78 Å². The number of rotatable bonds is 4. The predicted molar refractivity (Wildman–Crippen MR) is 83.0 cm³/mol. The number of hydrogen-bond donors (Lipinski definition) is 1. The minimum atomic E-state index is -0.832. The standard InChI is InChI=1S/C18H22F2N2O/c19-16-3-1-2-13(17(16)20)14-10-15(14)18(23)21-11-6-8-22(9-7-11)12-4-5-12/h1-3,11-12,14-15H,4-10H2,(H,21,23)/t14-,15+/m1/s1. The first-order valence-corrected chi connectivity index (χ1v) is 8.62. The molecule has 1 amide bonds. The van der Waals surface area contributed by atoms with E-state index in [2.05, 4.69) is 10.2 Å². The molecule has 1 aliphatic heterocycles. The first-order valence-electron chi connectivity index (χ1n) is 8.62. The van der Waals surface area contributed by atoms with Crippen LogP contribution >= 0.6 is 0 Å². The molecule has 1 aromatic rings. The summed E-state index contributed by atoms with van der Waals surface area (Å²) in [7, 11) is 0. The Balaban J connectivity index is 1.30. The van der Waals surface area contributed by atoms with Gasteiger partial charge in [-0.15, -0.1) is 0 Å². The van der Waals surface area contributed by atoms with Crippen molar-refractivity contribution < 1.29 is 13.6 Å². The van der Waals surface area contributed by atoms with Crippen molar-refractivity contribution in [1.82, 2.24) is 10.2 Å². The van der Waals surface area contributed by atoms with Gasteiger partial charge in [0.05, 0.1) is 0 Å². The molecular formula is C18H22F2N2O. The summed E-state index contributed by atoms with van der Waals surface area (Å²) in [6.07, 6.45) is 5.25. The third-order valence-corrected chi connectivity index (χ3v) is 5.45. The largest absolute Gasteiger partial charge is 0.353 e. The Hall–Kier alpha value is -1.49. The molecule has 1 heterocycles. The maximum Gasteiger partial charge on any atom is 0.223 e. The Labute approximate surface area is 135 Å². The van der Waals surface area contributed by atoms with Crippen molar-refractivity contribution >= 4 is 5.91 Å². The van der Waals surface area contributed by atoms with E-state index < -0.39 is 11.6 Å². The van der Waals surface area contributed by atoms with Gasteiger partial charge >= 0.3 is 0 Å². The minimum absolute atomic E-state index is 0.00327. The molecule has 2 aliphatic carbocycles. The van der Waals surface area contributed by atoms with Gasteiger partial charge in [-0.1, -0.05) is 12.1 Å². The van der Waals surface area contributed by atoms with E-state index in [-0.39, 0.29) is 23.8 Å². The molecule has 0 spiro atoms. The lowest BCUT2D eigenvalue weighted by atomic mass is 10.0. The zero-order chi connectivity index (χ0) is 16.0. The van der Waals surface area contributed by atoms with E-state index in [4.69, 9.17) is 0 Å². The molecule has 124 valence electrons. The van der Waals surface area contributed by atoms with Crippen LogP contribution in [0.5, 0.6) is 0 Å². The SMILES string of the molecule is O=C(NC1CCN(C2CC2)CC1)[C@H]1C[C@@H]1c1cccc(F)c1F. The zero-order valence-electron chi connectivity index (χ0n) is 13.1. The van der Waals surface area contributed by atoms with Crippen molar-refractivity contribution in [2.45, 2.75) is 50.1 Å². The highest BCUT2D eigenvalue weighted by atomic mass is 19.2. The Bertz CT molecular complexity index is 609. The molecule has 1 N–H and O–H groups in total. The molecule has 0 unspecified atom stereocenters. The molecule has 3 fully saturated rings. The highest BCUT2D eigenvalue weighted by molar-refractivity contribution is 5.83. The number of halogens is 2. The lowest BCUT2D eigenvalue weighted by Crippen LogP contribution is -2.45. The first kappa shape index (κ1) is 15.1. The number of hydrogen-bond acceptors (Lipinski definition) is 2. The quantitative estimate of drug-likeness (QED) is 0.925. The Morgan fingerprint density at radius 1 is 1.13 bits per heavy atom. The van der Waals surface area contributed by atoms with Crippen LogP contribution in [0.1, 0.15) is 43.6 Å². The lowest BCUT2D eigenvalue weighted by molar-refractivity contribution is -0.123. The molecule has 0 bridgehead atoms. The average Bonchev–Trinajstić information content (AvgIpc) is 3.44. The number of benzene rings is 1. The molecule has 3 aliphatic rings. The van der Waals surface area contributed by atoms with Crippen LogP contribution in [-0.4, -0.2) is 36.0 Å². The Morgan fingerprint density at radius 3 is 2.57 bits per heavy atom. The second kappa shape index (κ2) is 5.86. The fraction of sp³-hybridized carbons (Fsp3) is 0.611. The summed E-state index contributed by atoms with van der Waals surface area (Å²) in [5.74, 6) is -2.00. The molecule has 0 radical (unpaired) electrons. The number of nitrogens with one attached hydrogen (secondary N) is 1. The van der Waals surface area contributed by atoms with Gasteiger partial charge in [-0.25, -0.2) is 8.78 Å². The summed E-state index contributed by atoms with van der Waals surface area (Å²) < 4.78 is 27.1. The zero-order valence-corrected chi connectivity index (χ0v) is 13.1. The van der Waals surface area contributed by atoms with Crippen molar-refractivity contribution in [1.29, 1.82) is 0 Å². The van der Waals surface area contributed by atoms with Gasteiger partial charge in [-0.3, -0.25) is 4.79 Å². The minimum Gasteiger partial charge on any atom is -0.353 e. The van der Waals surface area contributed by atoms with Crippen molar-refractivity contribution in [2.75, 3.05) is 13.1 Å². The molecular weight excluding hydrogens is 298 g/mol. The Kier molecular flexibility index (Phi) is 3.84. The van der Waals surface area contributed by atoms with Crippen LogP contribution in [0.3, 0.4) is 0 Å². The summed E-state index contributed by atoms with van der Waals surface area (Å²) in [5.41, 5.74) is 0.341. The summed E-state index contributed by atoms with van der Waals surface area (Å²) >= 11 is 0. The Morgan fingerprint density at radius 2 is 1.87 bits per heavy atom. The van der Waals surface area contributed by atoms with Crippen LogP contribution in [0.2, 0.25) is 0 Å². The van der Waals surface area contributed by atoms with E-state index in [1.807, 2.05) is 0 Å². The van der Waals surface area contributed by atoms with Crippen molar-refractivity contribution in [3.63, 3.8) is 0 Å². The molecule has 0 aromatic heterocycles. The molecule has 2 saturated carbocycles. The third-order valence-electron chi connectivity index (χ3n) is 5.45. The number of likely N-dealkylation sites (tertiary alicyclic amines) is 1. The second-order valence-electron chi connectivity index (χ2n) is 7.14. The smallest absolute Gasteiger partial charge is 0.223 e.